The quantitative estimate of drug-likeness (QED) is 0.665. The average Bonchev–Trinajstić information content (AvgIpc) is 2.73. The number of amides is 1. The summed E-state index contributed by atoms with van der Waals surface area (Å²) in [6.07, 6.45) is 5.05. The van der Waals surface area contributed by atoms with Crippen LogP contribution in [0.3, 0.4) is 0 Å². The van der Waals surface area contributed by atoms with Crippen LogP contribution in [0.15, 0.2) is 54.9 Å². The van der Waals surface area contributed by atoms with Crippen molar-refractivity contribution in [1.29, 1.82) is 0 Å². The average molecular weight is 405 g/mol. The topological polar surface area (TPSA) is 90.0 Å². The van der Waals surface area contributed by atoms with Crippen molar-refractivity contribution in [2.75, 3.05) is 19.4 Å². The third-order valence-electron chi connectivity index (χ3n) is 4.06. The van der Waals surface area contributed by atoms with E-state index >= 15 is 0 Å². The molecule has 0 bridgehead atoms. The van der Waals surface area contributed by atoms with Crippen LogP contribution in [-0.4, -0.2) is 35.5 Å². The van der Waals surface area contributed by atoms with E-state index in [1.54, 1.807) is 23.4 Å². The number of nitrogens with zero attached hydrogens (tertiary/aromatic N) is 2. The van der Waals surface area contributed by atoms with E-state index in [0.29, 0.717) is 18.8 Å². The molecule has 150 valence electrons. The first-order chi connectivity index (χ1) is 13.6. The number of alkyl carbamates (subject to hydrolysis) is 1. The van der Waals surface area contributed by atoms with Crippen LogP contribution >= 0.6 is 7.60 Å². The van der Waals surface area contributed by atoms with Crippen LogP contribution in [0.25, 0.3) is 0 Å². The van der Waals surface area contributed by atoms with Crippen LogP contribution in [0.4, 0.5) is 4.79 Å². The smallest absolute Gasteiger partial charge is 0.414 e. The molecule has 0 saturated carbocycles. The van der Waals surface area contributed by atoms with Crippen LogP contribution in [0.1, 0.15) is 24.8 Å². The molecule has 1 aromatic heterocycles. The molecule has 8 nitrogen and oxygen atoms in total. The normalized spacial score (nSPS) is 16.7. The lowest BCUT2D eigenvalue weighted by Crippen LogP contribution is -2.33. The fourth-order valence-electron chi connectivity index (χ4n) is 2.70. The molecule has 1 atom stereocenters. The molecule has 0 aliphatic carbocycles. The molecular formula is C19H24N3O5P. The zero-order valence-corrected chi connectivity index (χ0v) is 16.4. The van der Waals surface area contributed by atoms with Crippen molar-refractivity contribution in [3.05, 3.63) is 60.4 Å². The Balaban J connectivity index is 1.57. The van der Waals surface area contributed by atoms with E-state index in [-0.39, 0.29) is 12.9 Å². The molecule has 1 saturated heterocycles. The number of ether oxygens (including phenoxy) is 1. The van der Waals surface area contributed by atoms with E-state index in [1.807, 2.05) is 30.3 Å². The summed E-state index contributed by atoms with van der Waals surface area (Å²) in [6, 6.07) is 12.6. The standard InChI is InChI=1S/C19H24N3O5P/c23-19(25-15-17-8-3-1-4-9-17)21-16-28(24,26-18-10-7-11-20-14-18)27-22-12-5-2-6-13-22/h1,3-4,7-11,14H,2,5-6,12-13,15-16H2,(H,21,23). The van der Waals surface area contributed by atoms with E-state index in [9.17, 15) is 9.36 Å². The molecule has 1 fully saturated rings. The summed E-state index contributed by atoms with van der Waals surface area (Å²) < 4.78 is 29.6. The van der Waals surface area contributed by atoms with Crippen molar-refractivity contribution in [1.82, 2.24) is 15.4 Å². The van der Waals surface area contributed by atoms with E-state index in [1.165, 1.54) is 6.20 Å². The van der Waals surface area contributed by atoms with Gasteiger partial charge in [-0.1, -0.05) is 36.8 Å². The maximum absolute atomic E-state index is 13.2. The maximum atomic E-state index is 13.2. The summed E-state index contributed by atoms with van der Waals surface area (Å²) >= 11 is 0. The van der Waals surface area contributed by atoms with Crippen LogP contribution < -0.4 is 9.84 Å². The summed E-state index contributed by atoms with van der Waals surface area (Å²) in [5, 5.41) is 4.12. The Kier molecular flexibility index (Phi) is 7.42. The zero-order chi connectivity index (χ0) is 19.7. The molecule has 1 aliphatic heterocycles. The Morgan fingerprint density at radius 2 is 1.89 bits per heavy atom. The van der Waals surface area contributed by atoms with Crippen molar-refractivity contribution in [3.8, 4) is 5.75 Å². The van der Waals surface area contributed by atoms with Crippen molar-refractivity contribution < 1.29 is 23.2 Å². The lowest BCUT2D eigenvalue weighted by Gasteiger charge is -2.29. The molecule has 2 aromatic rings. The Bertz CT molecular complexity index is 785. The molecule has 1 unspecified atom stereocenters. The van der Waals surface area contributed by atoms with Gasteiger partial charge in [-0.05, 0) is 30.5 Å². The van der Waals surface area contributed by atoms with E-state index < -0.39 is 13.7 Å². The molecule has 1 N–H and O–H groups in total. The largest absolute Gasteiger partial charge is 0.445 e. The molecular weight excluding hydrogens is 381 g/mol. The molecule has 28 heavy (non-hydrogen) atoms. The van der Waals surface area contributed by atoms with Crippen LogP contribution in [0.5, 0.6) is 5.75 Å². The number of nitrogens with one attached hydrogen (secondary N) is 1. The Hall–Kier alpha value is -2.41. The van der Waals surface area contributed by atoms with Gasteiger partial charge >= 0.3 is 13.7 Å². The molecule has 0 spiro atoms. The van der Waals surface area contributed by atoms with Gasteiger partial charge in [0.2, 0.25) is 0 Å². The first kappa shape index (κ1) is 20.3. The number of carbonyl (C=O) groups excluding carboxylic acids is 1. The van der Waals surface area contributed by atoms with Crippen molar-refractivity contribution in [2.24, 2.45) is 0 Å². The van der Waals surface area contributed by atoms with Gasteiger partial charge in [-0.3, -0.25) is 4.98 Å². The van der Waals surface area contributed by atoms with E-state index in [0.717, 1.165) is 24.8 Å². The third-order valence-corrected chi connectivity index (χ3v) is 5.58. The monoisotopic (exact) mass is 405 g/mol. The Labute approximate surface area is 164 Å². The number of carbonyl (C=O) groups is 1. The minimum absolute atomic E-state index is 0.118. The van der Waals surface area contributed by atoms with Crippen molar-refractivity contribution in [3.63, 3.8) is 0 Å². The summed E-state index contributed by atoms with van der Waals surface area (Å²) in [7, 11) is -3.69. The van der Waals surface area contributed by atoms with Crippen LogP contribution in [0, 0.1) is 0 Å². The number of aromatic nitrogens is 1. The fourth-order valence-corrected chi connectivity index (χ4v) is 4.12. The Morgan fingerprint density at radius 3 is 2.61 bits per heavy atom. The molecule has 1 amide bonds. The second-order valence-corrected chi connectivity index (χ2v) is 8.24. The third kappa shape index (κ3) is 6.64. The fraction of sp³-hybridized carbons (Fsp3) is 0.368. The highest BCUT2D eigenvalue weighted by atomic mass is 31.2. The maximum Gasteiger partial charge on any atom is 0.414 e. The molecule has 3 rings (SSSR count). The SMILES string of the molecule is O=C(NCP(=O)(Oc1cccnc1)ON1CCCCC1)OCc1ccccc1. The van der Waals surface area contributed by atoms with Crippen molar-refractivity contribution >= 4 is 13.7 Å². The minimum atomic E-state index is -3.69. The number of piperidine rings is 1. The molecule has 1 aliphatic rings. The summed E-state index contributed by atoms with van der Waals surface area (Å²) in [5.41, 5.74) is 0.858. The van der Waals surface area contributed by atoms with Gasteiger partial charge in [-0.25, -0.2) is 14.0 Å². The predicted molar refractivity (Wildman–Crippen MR) is 104 cm³/mol. The number of hydroxylamine groups is 2. The highest BCUT2D eigenvalue weighted by Gasteiger charge is 2.32. The first-order valence-electron chi connectivity index (χ1n) is 9.21. The number of hydrogen-bond donors (Lipinski definition) is 1. The number of rotatable bonds is 8. The van der Waals surface area contributed by atoms with Gasteiger partial charge in [0.1, 0.15) is 18.6 Å². The number of pyridine rings is 1. The highest BCUT2D eigenvalue weighted by Crippen LogP contribution is 2.48. The number of hydrogen-bond acceptors (Lipinski definition) is 7. The molecule has 1 aromatic carbocycles. The summed E-state index contributed by atoms with van der Waals surface area (Å²) in [4.78, 5) is 16.0. The van der Waals surface area contributed by atoms with Gasteiger partial charge in [0.15, 0.2) is 0 Å². The van der Waals surface area contributed by atoms with Crippen LogP contribution in [0.2, 0.25) is 0 Å². The lowest BCUT2D eigenvalue weighted by atomic mass is 10.2. The van der Waals surface area contributed by atoms with Gasteiger partial charge in [0.05, 0.1) is 6.20 Å². The van der Waals surface area contributed by atoms with Gasteiger partial charge in [0.25, 0.3) is 0 Å². The second kappa shape index (κ2) is 10.2. The summed E-state index contributed by atoms with van der Waals surface area (Å²) in [6.45, 7) is 1.45. The van der Waals surface area contributed by atoms with E-state index in [4.69, 9.17) is 13.9 Å². The molecule has 0 radical (unpaired) electrons. The van der Waals surface area contributed by atoms with Gasteiger partial charge in [-0.15, -0.1) is 0 Å². The number of benzene rings is 1. The first-order valence-corrected chi connectivity index (χ1v) is 10.9. The van der Waals surface area contributed by atoms with Gasteiger partial charge in [-0.2, -0.15) is 5.06 Å². The lowest BCUT2D eigenvalue weighted by molar-refractivity contribution is -0.0787. The van der Waals surface area contributed by atoms with Crippen molar-refractivity contribution in [2.45, 2.75) is 25.9 Å². The van der Waals surface area contributed by atoms with E-state index in [2.05, 4.69) is 10.3 Å². The van der Waals surface area contributed by atoms with Gasteiger partial charge < -0.3 is 14.6 Å². The highest BCUT2D eigenvalue weighted by molar-refractivity contribution is 7.54. The second-order valence-electron chi connectivity index (χ2n) is 6.36. The molecule has 9 heteroatoms. The summed E-state index contributed by atoms with van der Waals surface area (Å²) in [5.74, 6) is 0.308. The predicted octanol–water partition coefficient (Wildman–Crippen LogP) is 3.95. The molecule has 2 heterocycles. The zero-order valence-electron chi connectivity index (χ0n) is 15.5. The minimum Gasteiger partial charge on any atom is -0.445 e. The van der Waals surface area contributed by atoms with Gasteiger partial charge in [0, 0.05) is 19.3 Å². The Morgan fingerprint density at radius 1 is 1.11 bits per heavy atom. The van der Waals surface area contributed by atoms with Crippen LogP contribution in [-0.2, 0) is 20.5 Å².